The number of aliphatic hydroxyl groups is 1. The minimum atomic E-state index is -0.568. The average molecular weight is 269 g/mol. The number of likely N-dealkylation sites (N-methyl/N-ethyl adjacent to an activating group) is 1. The topological polar surface area (TPSA) is 94.8 Å². The molecule has 1 rings (SSSR count). The summed E-state index contributed by atoms with van der Waals surface area (Å²) in [4.78, 5) is 24.7. The summed E-state index contributed by atoms with van der Waals surface area (Å²) in [6, 6.07) is 2.87. The van der Waals surface area contributed by atoms with Gasteiger partial charge in [-0.3, -0.25) is 15.0 Å². The molecule has 0 saturated heterocycles. The number of nitrogens with one attached hydrogen (secondary N) is 2. The van der Waals surface area contributed by atoms with Gasteiger partial charge in [0.15, 0.2) is 0 Å². The van der Waals surface area contributed by atoms with Crippen molar-refractivity contribution < 1.29 is 19.1 Å². The number of carbonyl (C=O) groups excluding carboxylic acids is 2. The Morgan fingerprint density at radius 1 is 1.47 bits per heavy atom. The van der Waals surface area contributed by atoms with Gasteiger partial charge in [-0.15, -0.1) is 0 Å². The highest BCUT2D eigenvalue weighted by Crippen LogP contribution is 1.98. The Morgan fingerprint density at radius 2 is 2.26 bits per heavy atom. The molecule has 0 saturated carbocycles. The van der Waals surface area contributed by atoms with Crippen molar-refractivity contribution >= 4 is 11.9 Å². The van der Waals surface area contributed by atoms with Crippen LogP contribution >= 0.6 is 0 Å². The van der Waals surface area contributed by atoms with E-state index in [9.17, 15) is 9.59 Å². The Kier molecular flexibility index (Phi) is 6.62. The van der Waals surface area contributed by atoms with E-state index in [0.29, 0.717) is 18.8 Å². The molecule has 0 aliphatic carbocycles. The quantitative estimate of drug-likeness (QED) is 0.643. The zero-order valence-electron chi connectivity index (χ0n) is 10.9. The number of amides is 3. The highest BCUT2D eigenvalue weighted by Gasteiger charge is 2.11. The van der Waals surface area contributed by atoms with Crippen molar-refractivity contribution in [3.8, 4) is 0 Å². The fourth-order valence-electron chi connectivity index (χ4n) is 1.48. The predicted molar refractivity (Wildman–Crippen MR) is 68.3 cm³/mol. The van der Waals surface area contributed by atoms with Gasteiger partial charge in [-0.25, -0.2) is 4.79 Å². The smallest absolute Gasteiger partial charge is 0.321 e. The largest absolute Gasteiger partial charge is 0.467 e. The molecule has 0 fully saturated rings. The molecule has 1 aromatic rings. The molecule has 0 aromatic carbocycles. The molecule has 3 amide bonds. The van der Waals surface area contributed by atoms with Gasteiger partial charge < -0.3 is 14.8 Å². The Morgan fingerprint density at radius 3 is 2.84 bits per heavy atom. The van der Waals surface area contributed by atoms with Crippen LogP contribution in [-0.2, 0) is 11.3 Å². The fraction of sp³-hybridized carbons (Fsp3) is 0.500. The number of furan rings is 1. The second-order valence-electron chi connectivity index (χ2n) is 3.90. The van der Waals surface area contributed by atoms with E-state index >= 15 is 0 Å². The van der Waals surface area contributed by atoms with Crippen molar-refractivity contribution in [1.82, 2.24) is 15.5 Å². The van der Waals surface area contributed by atoms with Crippen LogP contribution in [0.4, 0.5) is 4.79 Å². The van der Waals surface area contributed by atoms with Crippen LogP contribution in [0.2, 0.25) is 0 Å². The molecule has 7 nitrogen and oxygen atoms in total. The number of hydrogen-bond donors (Lipinski definition) is 3. The highest BCUT2D eigenvalue weighted by atomic mass is 16.3. The van der Waals surface area contributed by atoms with E-state index in [0.717, 1.165) is 0 Å². The number of urea groups is 1. The maximum Gasteiger partial charge on any atom is 0.321 e. The molecule has 0 bridgehead atoms. The summed E-state index contributed by atoms with van der Waals surface area (Å²) in [6.07, 6.45) is 1.51. The second-order valence-corrected chi connectivity index (χ2v) is 3.90. The molecule has 0 aliphatic heterocycles. The Balaban J connectivity index is 2.25. The number of carbonyl (C=O) groups is 2. The maximum absolute atomic E-state index is 11.5. The number of rotatable bonds is 7. The van der Waals surface area contributed by atoms with Gasteiger partial charge in [-0.1, -0.05) is 6.92 Å². The van der Waals surface area contributed by atoms with Gasteiger partial charge in [0.2, 0.25) is 5.91 Å². The summed E-state index contributed by atoms with van der Waals surface area (Å²) in [6.45, 7) is 3.18. The van der Waals surface area contributed by atoms with E-state index in [-0.39, 0.29) is 19.7 Å². The summed E-state index contributed by atoms with van der Waals surface area (Å²) in [5.41, 5.74) is 0. The van der Waals surface area contributed by atoms with E-state index in [1.165, 1.54) is 6.26 Å². The summed E-state index contributed by atoms with van der Waals surface area (Å²) >= 11 is 0. The molecule has 106 valence electrons. The third kappa shape index (κ3) is 6.03. The van der Waals surface area contributed by atoms with Gasteiger partial charge in [0, 0.05) is 6.54 Å². The normalized spacial score (nSPS) is 10.5. The third-order valence-electron chi connectivity index (χ3n) is 2.49. The molecule has 3 N–H and O–H groups in total. The molecule has 0 radical (unpaired) electrons. The lowest BCUT2D eigenvalue weighted by Gasteiger charge is -2.17. The Bertz CT molecular complexity index is 392. The fourth-order valence-corrected chi connectivity index (χ4v) is 1.48. The van der Waals surface area contributed by atoms with Crippen LogP contribution in [0, 0.1) is 0 Å². The van der Waals surface area contributed by atoms with Gasteiger partial charge >= 0.3 is 6.03 Å². The lowest BCUT2D eigenvalue weighted by molar-refractivity contribution is -0.121. The van der Waals surface area contributed by atoms with E-state index in [4.69, 9.17) is 9.52 Å². The number of aliphatic hydroxyl groups excluding tert-OH is 1. The summed E-state index contributed by atoms with van der Waals surface area (Å²) < 4.78 is 5.04. The summed E-state index contributed by atoms with van der Waals surface area (Å²) in [5, 5.41) is 13.5. The molecular formula is C12H19N3O4. The van der Waals surface area contributed by atoms with Crippen molar-refractivity contribution in [2.45, 2.75) is 13.5 Å². The summed E-state index contributed by atoms with van der Waals surface area (Å²) in [5.74, 6) is 0.199. The molecular weight excluding hydrogens is 250 g/mol. The molecule has 7 heteroatoms. The average Bonchev–Trinajstić information content (AvgIpc) is 2.88. The van der Waals surface area contributed by atoms with E-state index in [1.54, 1.807) is 17.0 Å². The van der Waals surface area contributed by atoms with Crippen LogP contribution < -0.4 is 10.6 Å². The van der Waals surface area contributed by atoms with Crippen molar-refractivity contribution in [1.29, 1.82) is 0 Å². The first-order valence-corrected chi connectivity index (χ1v) is 6.09. The van der Waals surface area contributed by atoms with Crippen LogP contribution in [0.15, 0.2) is 22.8 Å². The molecule has 19 heavy (non-hydrogen) atoms. The zero-order chi connectivity index (χ0) is 14.1. The molecule has 0 atom stereocenters. The van der Waals surface area contributed by atoms with Crippen LogP contribution in [0.1, 0.15) is 12.7 Å². The predicted octanol–water partition coefficient (Wildman–Crippen LogP) is -0.0804. The van der Waals surface area contributed by atoms with Crippen molar-refractivity contribution in [3.05, 3.63) is 24.2 Å². The van der Waals surface area contributed by atoms with Gasteiger partial charge in [-0.05, 0) is 18.7 Å². The van der Waals surface area contributed by atoms with Crippen LogP contribution in [0.25, 0.3) is 0 Å². The van der Waals surface area contributed by atoms with Crippen molar-refractivity contribution in [2.24, 2.45) is 0 Å². The molecule has 0 unspecified atom stereocenters. The SMILES string of the molecule is CCN(CCO)CC(=O)NC(=O)NCc1ccco1. The molecule has 1 heterocycles. The second kappa shape index (κ2) is 8.28. The summed E-state index contributed by atoms with van der Waals surface area (Å²) in [7, 11) is 0. The monoisotopic (exact) mass is 269 g/mol. The van der Waals surface area contributed by atoms with Crippen LogP contribution in [0.5, 0.6) is 0 Å². The van der Waals surface area contributed by atoms with Crippen molar-refractivity contribution in [3.63, 3.8) is 0 Å². The standard InChI is InChI=1S/C12H19N3O4/c1-2-15(5-6-16)9-11(17)14-12(18)13-8-10-4-3-7-19-10/h3-4,7,16H,2,5-6,8-9H2,1H3,(H2,13,14,17,18). The molecule has 1 aromatic heterocycles. The lowest BCUT2D eigenvalue weighted by Crippen LogP contribution is -2.44. The van der Waals surface area contributed by atoms with Crippen molar-refractivity contribution in [2.75, 3.05) is 26.2 Å². The first-order chi connectivity index (χ1) is 9.15. The molecule has 0 spiro atoms. The molecule has 0 aliphatic rings. The lowest BCUT2D eigenvalue weighted by atomic mass is 10.4. The maximum atomic E-state index is 11.5. The van der Waals surface area contributed by atoms with Crippen LogP contribution in [0.3, 0.4) is 0 Å². The zero-order valence-corrected chi connectivity index (χ0v) is 10.9. The highest BCUT2D eigenvalue weighted by molar-refractivity contribution is 5.95. The van der Waals surface area contributed by atoms with Gasteiger partial charge in [0.05, 0.1) is 26.0 Å². The van der Waals surface area contributed by atoms with E-state index in [2.05, 4.69) is 10.6 Å². The minimum absolute atomic E-state index is 0.0220. The first-order valence-electron chi connectivity index (χ1n) is 6.09. The van der Waals surface area contributed by atoms with Gasteiger partial charge in [0.1, 0.15) is 5.76 Å². The number of imide groups is 1. The van der Waals surface area contributed by atoms with E-state index in [1.807, 2.05) is 6.92 Å². The first kappa shape index (κ1) is 15.2. The van der Waals surface area contributed by atoms with E-state index < -0.39 is 11.9 Å². The van der Waals surface area contributed by atoms with Gasteiger partial charge in [-0.2, -0.15) is 0 Å². The van der Waals surface area contributed by atoms with Gasteiger partial charge in [0.25, 0.3) is 0 Å². The number of nitrogens with zero attached hydrogens (tertiary/aromatic N) is 1. The third-order valence-corrected chi connectivity index (χ3v) is 2.49. The number of hydrogen-bond acceptors (Lipinski definition) is 5. The minimum Gasteiger partial charge on any atom is -0.467 e. The Labute approximate surface area is 111 Å². The Hall–Kier alpha value is -1.86. The van der Waals surface area contributed by atoms with Crippen LogP contribution in [-0.4, -0.2) is 48.2 Å².